The quantitative estimate of drug-likeness (QED) is 0.282. The van der Waals surface area contributed by atoms with Crippen LogP contribution in [0.4, 0.5) is 14.9 Å². The van der Waals surface area contributed by atoms with E-state index in [4.69, 9.17) is 4.74 Å². The number of morpholine rings is 1. The van der Waals surface area contributed by atoms with Crippen LogP contribution in [0.3, 0.4) is 0 Å². The zero-order valence-electron chi connectivity index (χ0n) is 19.5. The van der Waals surface area contributed by atoms with Gasteiger partial charge in [-0.05, 0) is 56.2 Å². The number of amides is 2. The van der Waals surface area contributed by atoms with E-state index in [-0.39, 0.29) is 54.1 Å². The van der Waals surface area contributed by atoms with Gasteiger partial charge in [0.05, 0.1) is 12.6 Å². The van der Waals surface area contributed by atoms with Crippen LogP contribution < -0.4 is 16.0 Å². The predicted molar refractivity (Wildman–Crippen MR) is 141 cm³/mol. The average Bonchev–Trinajstić information content (AvgIpc) is 2.75. The molecule has 2 aromatic carbocycles. The highest BCUT2D eigenvalue weighted by Gasteiger charge is 2.28. The van der Waals surface area contributed by atoms with Gasteiger partial charge in [-0.25, -0.2) is 9.18 Å². The zero-order valence-corrected chi connectivity index (χ0v) is 21.8. The maximum Gasteiger partial charge on any atom is 0.319 e. The second kappa shape index (κ2) is 12.7. The Kier molecular flexibility index (Phi) is 10.4. The lowest BCUT2D eigenvalue weighted by molar-refractivity contribution is -0.0605. The van der Waals surface area contributed by atoms with Gasteiger partial charge in [-0.1, -0.05) is 24.3 Å². The summed E-state index contributed by atoms with van der Waals surface area (Å²) in [7, 11) is 1.76. The molecule has 9 heteroatoms. The molecule has 0 spiro atoms. The van der Waals surface area contributed by atoms with Crippen LogP contribution in [0.25, 0.3) is 0 Å². The summed E-state index contributed by atoms with van der Waals surface area (Å²) in [5.41, 5.74) is 2.75. The Balaban J connectivity index is 0.00000385. The van der Waals surface area contributed by atoms with E-state index in [0.717, 1.165) is 22.8 Å². The lowest BCUT2D eigenvalue weighted by Gasteiger charge is -2.38. The summed E-state index contributed by atoms with van der Waals surface area (Å²) in [5, 5.41) is 9.02. The van der Waals surface area contributed by atoms with Crippen molar-refractivity contribution in [3.63, 3.8) is 0 Å². The minimum atomic E-state index is -0.256. The van der Waals surface area contributed by atoms with Crippen molar-refractivity contribution in [2.45, 2.75) is 45.6 Å². The summed E-state index contributed by atoms with van der Waals surface area (Å²) < 4.78 is 19.4. The number of carbonyl (C=O) groups excluding carboxylic acids is 1. The van der Waals surface area contributed by atoms with Gasteiger partial charge < -0.3 is 25.6 Å². The Labute approximate surface area is 212 Å². The number of anilines is 1. The Morgan fingerprint density at radius 2 is 1.82 bits per heavy atom. The molecule has 1 saturated heterocycles. The summed E-state index contributed by atoms with van der Waals surface area (Å²) in [6.07, 6.45) is -0.139. The van der Waals surface area contributed by atoms with Crippen molar-refractivity contribution in [1.29, 1.82) is 0 Å². The summed E-state index contributed by atoms with van der Waals surface area (Å²) in [6.45, 7) is 7.79. The second-order valence-corrected chi connectivity index (χ2v) is 8.24. The highest BCUT2D eigenvalue weighted by Crippen LogP contribution is 2.25. The summed E-state index contributed by atoms with van der Waals surface area (Å²) in [4.78, 5) is 18.4. The number of aliphatic imine (C=N–C) groups is 1. The van der Waals surface area contributed by atoms with E-state index in [2.05, 4.69) is 25.8 Å². The molecule has 3 N–H and O–H groups in total. The van der Waals surface area contributed by atoms with Gasteiger partial charge in [0.2, 0.25) is 0 Å². The molecular weight excluding hydrogens is 536 g/mol. The third kappa shape index (κ3) is 8.15. The summed E-state index contributed by atoms with van der Waals surface area (Å²) in [5.74, 6) is 0.527. The minimum absolute atomic E-state index is 0. The first-order chi connectivity index (χ1) is 15.3. The number of carbonyl (C=O) groups is 1. The van der Waals surface area contributed by atoms with E-state index in [1.54, 1.807) is 19.2 Å². The molecule has 0 aromatic heterocycles. The van der Waals surface area contributed by atoms with E-state index in [1.807, 2.05) is 45.0 Å². The number of halogens is 2. The first kappa shape index (κ1) is 26.8. The van der Waals surface area contributed by atoms with Crippen molar-refractivity contribution in [2.24, 2.45) is 4.99 Å². The van der Waals surface area contributed by atoms with Crippen LogP contribution in [0.1, 0.15) is 38.0 Å². The molecule has 0 saturated carbocycles. The molecule has 1 fully saturated rings. The van der Waals surface area contributed by atoms with Gasteiger partial charge in [-0.15, -0.1) is 24.0 Å². The molecule has 2 amide bonds. The van der Waals surface area contributed by atoms with Crippen LogP contribution >= 0.6 is 24.0 Å². The van der Waals surface area contributed by atoms with Crippen molar-refractivity contribution >= 4 is 41.7 Å². The molecule has 2 unspecified atom stereocenters. The fraction of sp³-hybridized carbons (Fsp3) is 0.417. The number of rotatable bonds is 5. The van der Waals surface area contributed by atoms with Crippen LogP contribution in [-0.4, -0.2) is 49.2 Å². The van der Waals surface area contributed by atoms with Crippen molar-refractivity contribution in [3.05, 3.63) is 65.5 Å². The second-order valence-electron chi connectivity index (χ2n) is 8.24. The van der Waals surface area contributed by atoms with E-state index in [0.29, 0.717) is 19.6 Å². The maximum absolute atomic E-state index is 13.3. The van der Waals surface area contributed by atoms with Crippen LogP contribution in [0.15, 0.2) is 53.5 Å². The Morgan fingerprint density at radius 1 is 1.15 bits per heavy atom. The number of ether oxygens (including phenoxy) is 1. The van der Waals surface area contributed by atoms with E-state index in [1.165, 1.54) is 12.1 Å². The number of nitrogens with zero attached hydrogens (tertiary/aromatic N) is 2. The van der Waals surface area contributed by atoms with Gasteiger partial charge >= 0.3 is 6.03 Å². The molecule has 0 radical (unpaired) electrons. The van der Waals surface area contributed by atoms with Gasteiger partial charge in [0.1, 0.15) is 11.9 Å². The third-order valence-corrected chi connectivity index (χ3v) is 5.10. The predicted octanol–water partition coefficient (Wildman–Crippen LogP) is 4.51. The molecule has 1 aliphatic rings. The topological polar surface area (TPSA) is 78.0 Å². The lowest BCUT2D eigenvalue weighted by Crippen LogP contribution is -2.50. The molecule has 0 aliphatic carbocycles. The number of hydrogen-bond donors (Lipinski definition) is 3. The van der Waals surface area contributed by atoms with Crippen LogP contribution in [0.2, 0.25) is 0 Å². The molecule has 7 nitrogen and oxygen atoms in total. The van der Waals surface area contributed by atoms with Crippen LogP contribution in [0.5, 0.6) is 0 Å². The molecule has 33 heavy (non-hydrogen) atoms. The summed E-state index contributed by atoms with van der Waals surface area (Å²) in [6, 6.07) is 14.0. The fourth-order valence-electron chi connectivity index (χ4n) is 3.63. The van der Waals surface area contributed by atoms with Gasteiger partial charge in [-0.2, -0.15) is 0 Å². The van der Waals surface area contributed by atoms with Crippen molar-refractivity contribution in [3.8, 4) is 0 Å². The molecular formula is C24H33FIN5O2. The third-order valence-electron chi connectivity index (χ3n) is 5.10. The van der Waals surface area contributed by atoms with Gasteiger partial charge in [0.15, 0.2) is 5.96 Å². The normalized spacial score (nSPS) is 18.5. The van der Waals surface area contributed by atoms with Crippen LogP contribution in [0, 0.1) is 5.82 Å². The van der Waals surface area contributed by atoms with E-state index in [9.17, 15) is 9.18 Å². The maximum atomic E-state index is 13.3. The first-order valence-corrected chi connectivity index (χ1v) is 10.9. The largest absolute Gasteiger partial charge is 0.367 e. The number of nitrogens with one attached hydrogen (secondary N) is 3. The lowest BCUT2D eigenvalue weighted by atomic mass is 10.1. The molecule has 180 valence electrons. The highest BCUT2D eigenvalue weighted by molar-refractivity contribution is 14.0. The van der Waals surface area contributed by atoms with Gasteiger partial charge in [-0.3, -0.25) is 4.99 Å². The molecule has 1 aliphatic heterocycles. The van der Waals surface area contributed by atoms with Gasteiger partial charge in [0, 0.05) is 31.9 Å². The van der Waals surface area contributed by atoms with Crippen LogP contribution in [-0.2, 0) is 11.3 Å². The SMILES string of the molecule is CN=C(NCc1ccc(NC(=O)NC(C)C)cc1)N1CC(C)OC(c2ccc(F)cc2)C1.I. The number of guanidine groups is 1. The van der Waals surface area contributed by atoms with Gasteiger partial charge in [0.25, 0.3) is 0 Å². The monoisotopic (exact) mass is 569 g/mol. The van der Waals surface area contributed by atoms with Crippen molar-refractivity contribution in [2.75, 3.05) is 25.5 Å². The smallest absolute Gasteiger partial charge is 0.319 e. The Hall–Kier alpha value is -2.40. The first-order valence-electron chi connectivity index (χ1n) is 10.9. The van der Waals surface area contributed by atoms with Crippen molar-refractivity contribution < 1.29 is 13.9 Å². The number of urea groups is 1. The number of benzene rings is 2. The van der Waals surface area contributed by atoms with Crippen molar-refractivity contribution in [1.82, 2.24) is 15.5 Å². The molecule has 3 rings (SSSR count). The minimum Gasteiger partial charge on any atom is -0.367 e. The highest BCUT2D eigenvalue weighted by atomic mass is 127. The molecule has 2 aromatic rings. The fourth-order valence-corrected chi connectivity index (χ4v) is 3.63. The van der Waals surface area contributed by atoms with E-state index < -0.39 is 0 Å². The Morgan fingerprint density at radius 3 is 2.42 bits per heavy atom. The van der Waals surface area contributed by atoms with E-state index >= 15 is 0 Å². The average molecular weight is 569 g/mol. The summed E-state index contributed by atoms with van der Waals surface area (Å²) >= 11 is 0. The zero-order chi connectivity index (χ0) is 23.1. The number of hydrogen-bond acceptors (Lipinski definition) is 3. The Bertz CT molecular complexity index is 921. The molecule has 2 atom stereocenters. The molecule has 1 heterocycles. The standard InChI is InChI=1S/C24H32FN5O2.HI/c1-16(2)28-24(31)29-21-11-5-18(6-12-21)13-27-23(26-4)30-14-17(3)32-22(15-30)19-7-9-20(25)10-8-19;/h5-12,16-17,22H,13-15H2,1-4H3,(H,26,27)(H2,28,29,31);1H. The molecule has 0 bridgehead atoms.